The maximum Gasteiger partial charge on any atom is 0.160 e. The van der Waals surface area contributed by atoms with Crippen LogP contribution in [0, 0.1) is 0 Å². The molecule has 210 valence electrons. The average Bonchev–Trinajstić information content (AvgIpc) is 3.51. The summed E-state index contributed by atoms with van der Waals surface area (Å²) in [6.45, 7) is 0. The van der Waals surface area contributed by atoms with E-state index in [1.54, 1.807) is 0 Å². The van der Waals surface area contributed by atoms with E-state index >= 15 is 0 Å². The number of hydrogen-bond donors (Lipinski definition) is 0. The summed E-state index contributed by atoms with van der Waals surface area (Å²) in [5.41, 5.74) is 7.97. The molecule has 0 saturated heterocycles. The third kappa shape index (κ3) is 4.38. The van der Waals surface area contributed by atoms with Crippen molar-refractivity contribution in [2.24, 2.45) is 0 Å². The second-order valence-corrected chi connectivity index (χ2v) is 12.3. The van der Waals surface area contributed by atoms with Gasteiger partial charge in [0.1, 0.15) is 0 Å². The second kappa shape index (κ2) is 10.5. The van der Waals surface area contributed by atoms with E-state index in [2.05, 4.69) is 115 Å². The van der Waals surface area contributed by atoms with Crippen molar-refractivity contribution in [1.29, 1.82) is 0 Å². The van der Waals surface area contributed by atoms with Crippen LogP contribution in [0.2, 0.25) is 0 Å². The zero-order chi connectivity index (χ0) is 29.7. The number of aromatic nitrogens is 3. The molecule has 6 aromatic carbocycles. The molecular formula is C41H25N3S. The highest BCUT2D eigenvalue weighted by atomic mass is 32.1. The third-order valence-electron chi connectivity index (χ3n) is 8.49. The molecule has 3 aromatic heterocycles. The highest BCUT2D eigenvalue weighted by molar-refractivity contribution is 7.26. The summed E-state index contributed by atoms with van der Waals surface area (Å²) in [5.74, 6) is 0.713. The van der Waals surface area contributed by atoms with Crippen LogP contribution in [-0.2, 0) is 0 Å². The van der Waals surface area contributed by atoms with Gasteiger partial charge in [-0.3, -0.25) is 0 Å². The number of rotatable bonds is 4. The van der Waals surface area contributed by atoms with Gasteiger partial charge in [0.15, 0.2) is 5.82 Å². The van der Waals surface area contributed by atoms with Crippen molar-refractivity contribution >= 4 is 53.2 Å². The Balaban J connectivity index is 1.23. The minimum atomic E-state index is 0.713. The van der Waals surface area contributed by atoms with E-state index in [9.17, 15) is 0 Å². The first-order valence-corrected chi connectivity index (χ1v) is 15.9. The monoisotopic (exact) mass is 591 g/mol. The van der Waals surface area contributed by atoms with Gasteiger partial charge in [-0.2, -0.15) is 0 Å². The van der Waals surface area contributed by atoms with Gasteiger partial charge in [-0.25, -0.2) is 15.0 Å². The number of benzene rings is 6. The molecule has 3 nitrogen and oxygen atoms in total. The van der Waals surface area contributed by atoms with Gasteiger partial charge >= 0.3 is 0 Å². The molecule has 0 aliphatic rings. The summed E-state index contributed by atoms with van der Waals surface area (Å²) in [6, 6.07) is 52.9. The maximum atomic E-state index is 5.28. The standard InChI is InChI=1S/C41H25N3S/c1-3-11-26(12-4-1)35-25-36(44-41(43-35)29-13-5-2-6-14-29)27-19-21-28(22-20-27)39-38-32(30-15-7-9-17-34(30)42-39)23-24-33-31-16-8-10-18-37(31)45-40(33)38/h1-25H. The second-order valence-electron chi connectivity index (χ2n) is 11.2. The molecule has 9 rings (SSSR count). The summed E-state index contributed by atoms with van der Waals surface area (Å²) in [6.07, 6.45) is 0. The lowest BCUT2D eigenvalue weighted by molar-refractivity contribution is 1.18. The van der Waals surface area contributed by atoms with Crippen LogP contribution in [0.25, 0.3) is 87.0 Å². The van der Waals surface area contributed by atoms with Crippen LogP contribution >= 0.6 is 11.3 Å². The van der Waals surface area contributed by atoms with Gasteiger partial charge in [-0.05, 0) is 23.6 Å². The van der Waals surface area contributed by atoms with Crippen molar-refractivity contribution in [2.75, 3.05) is 0 Å². The normalized spacial score (nSPS) is 11.6. The minimum absolute atomic E-state index is 0.713. The van der Waals surface area contributed by atoms with E-state index in [0.717, 1.165) is 44.9 Å². The Hall–Kier alpha value is -5.71. The molecule has 0 saturated carbocycles. The number of pyridine rings is 1. The fourth-order valence-corrected chi connectivity index (χ4v) is 7.55. The Morgan fingerprint density at radius 3 is 1.73 bits per heavy atom. The van der Waals surface area contributed by atoms with Crippen LogP contribution in [0.4, 0.5) is 0 Å². The number of hydrogen-bond acceptors (Lipinski definition) is 4. The molecule has 0 bridgehead atoms. The minimum Gasteiger partial charge on any atom is -0.247 e. The topological polar surface area (TPSA) is 38.7 Å². The predicted molar refractivity (Wildman–Crippen MR) is 189 cm³/mol. The quantitative estimate of drug-likeness (QED) is 0.191. The van der Waals surface area contributed by atoms with Gasteiger partial charge in [0.25, 0.3) is 0 Å². The van der Waals surface area contributed by atoms with Crippen LogP contribution in [0.5, 0.6) is 0 Å². The van der Waals surface area contributed by atoms with E-state index in [4.69, 9.17) is 15.0 Å². The Kier molecular flexibility index (Phi) is 6.00. The Bertz CT molecular complexity index is 2460. The van der Waals surface area contributed by atoms with Crippen molar-refractivity contribution < 1.29 is 0 Å². The molecule has 0 spiro atoms. The summed E-state index contributed by atoms with van der Waals surface area (Å²) < 4.78 is 2.57. The number of nitrogens with zero attached hydrogens (tertiary/aromatic N) is 3. The largest absolute Gasteiger partial charge is 0.247 e. The lowest BCUT2D eigenvalue weighted by Gasteiger charge is -2.12. The molecule has 0 radical (unpaired) electrons. The first-order valence-electron chi connectivity index (χ1n) is 15.0. The molecule has 0 amide bonds. The van der Waals surface area contributed by atoms with Gasteiger partial charge in [0.05, 0.1) is 22.6 Å². The fourth-order valence-electron chi connectivity index (χ4n) is 6.30. The highest BCUT2D eigenvalue weighted by Crippen LogP contribution is 2.43. The van der Waals surface area contributed by atoms with Crippen LogP contribution in [-0.4, -0.2) is 15.0 Å². The number of fused-ring (bicyclic) bond motifs is 7. The van der Waals surface area contributed by atoms with E-state index in [0.29, 0.717) is 5.82 Å². The predicted octanol–water partition coefficient (Wildman–Crippen LogP) is 11.2. The molecule has 0 N–H and O–H groups in total. The van der Waals surface area contributed by atoms with Gasteiger partial charge in [0.2, 0.25) is 0 Å². The van der Waals surface area contributed by atoms with Crippen molar-refractivity contribution in [3.8, 4) is 45.2 Å². The lowest BCUT2D eigenvalue weighted by Crippen LogP contribution is -1.96. The van der Waals surface area contributed by atoms with Crippen LogP contribution in [0.3, 0.4) is 0 Å². The van der Waals surface area contributed by atoms with Crippen molar-refractivity contribution in [3.05, 3.63) is 152 Å². The van der Waals surface area contributed by atoms with Gasteiger partial charge < -0.3 is 0 Å². The third-order valence-corrected chi connectivity index (χ3v) is 9.70. The van der Waals surface area contributed by atoms with Crippen LogP contribution in [0.1, 0.15) is 0 Å². The average molecular weight is 592 g/mol. The van der Waals surface area contributed by atoms with Gasteiger partial charge in [-0.1, -0.05) is 133 Å². The van der Waals surface area contributed by atoms with Crippen molar-refractivity contribution in [1.82, 2.24) is 15.0 Å². The Morgan fingerprint density at radius 2 is 0.978 bits per heavy atom. The summed E-state index contributed by atoms with van der Waals surface area (Å²) in [7, 11) is 0. The van der Waals surface area contributed by atoms with E-state index < -0.39 is 0 Å². The molecule has 0 aliphatic heterocycles. The van der Waals surface area contributed by atoms with E-state index in [1.807, 2.05) is 47.7 Å². The molecule has 0 fully saturated rings. The van der Waals surface area contributed by atoms with Gasteiger partial charge in [0, 0.05) is 53.2 Å². The zero-order valence-corrected chi connectivity index (χ0v) is 25.0. The molecular weight excluding hydrogens is 567 g/mol. The SMILES string of the molecule is c1ccc(-c2cc(-c3ccc(-c4nc5ccccc5c5ccc6c7ccccc7sc6c45)cc3)nc(-c3ccccc3)n2)cc1. The van der Waals surface area contributed by atoms with E-state index in [1.165, 1.54) is 36.3 Å². The summed E-state index contributed by atoms with van der Waals surface area (Å²) in [5, 5.41) is 6.19. The van der Waals surface area contributed by atoms with Crippen LogP contribution in [0.15, 0.2) is 152 Å². The zero-order valence-electron chi connectivity index (χ0n) is 24.2. The molecule has 0 atom stereocenters. The van der Waals surface area contributed by atoms with Crippen molar-refractivity contribution in [3.63, 3.8) is 0 Å². The Morgan fingerprint density at radius 1 is 0.400 bits per heavy atom. The summed E-state index contributed by atoms with van der Waals surface area (Å²) in [4.78, 5) is 15.3. The first-order chi connectivity index (χ1) is 22.3. The van der Waals surface area contributed by atoms with Crippen molar-refractivity contribution in [2.45, 2.75) is 0 Å². The lowest BCUT2D eigenvalue weighted by atomic mass is 9.97. The van der Waals surface area contributed by atoms with Crippen LogP contribution < -0.4 is 0 Å². The molecule has 4 heteroatoms. The number of para-hydroxylation sites is 1. The molecule has 0 aliphatic carbocycles. The maximum absolute atomic E-state index is 5.28. The molecule has 3 heterocycles. The first kappa shape index (κ1) is 25.8. The summed E-state index contributed by atoms with van der Waals surface area (Å²) >= 11 is 1.85. The smallest absolute Gasteiger partial charge is 0.160 e. The molecule has 45 heavy (non-hydrogen) atoms. The molecule has 9 aromatic rings. The highest BCUT2D eigenvalue weighted by Gasteiger charge is 2.17. The Labute approximate surface area is 264 Å². The molecule has 0 unspecified atom stereocenters. The number of thiophene rings is 1. The van der Waals surface area contributed by atoms with Gasteiger partial charge in [-0.15, -0.1) is 11.3 Å². The fraction of sp³-hybridized carbons (Fsp3) is 0. The van der Waals surface area contributed by atoms with E-state index in [-0.39, 0.29) is 0 Å².